The lowest BCUT2D eigenvalue weighted by atomic mass is 9.71. The van der Waals surface area contributed by atoms with Crippen LogP contribution in [0.25, 0.3) is 11.4 Å². The predicted octanol–water partition coefficient (Wildman–Crippen LogP) is 2.79. The Hall–Kier alpha value is -3.55. The zero-order valence-electron chi connectivity index (χ0n) is 16.6. The third-order valence-electron chi connectivity index (χ3n) is 6.19. The molecule has 0 bridgehead atoms. The number of rotatable bonds is 5. The molecule has 0 saturated heterocycles. The first kappa shape index (κ1) is 18.5. The van der Waals surface area contributed by atoms with Gasteiger partial charge >= 0.3 is 0 Å². The summed E-state index contributed by atoms with van der Waals surface area (Å²) in [7, 11) is 0. The summed E-state index contributed by atoms with van der Waals surface area (Å²) in [6.07, 6.45) is 3.45. The summed E-state index contributed by atoms with van der Waals surface area (Å²) in [5.41, 5.74) is 8.99. The first-order valence-electron chi connectivity index (χ1n) is 10.0. The number of aldehydes is 1. The van der Waals surface area contributed by atoms with Crippen molar-refractivity contribution >= 4 is 17.9 Å². The van der Waals surface area contributed by atoms with Crippen molar-refractivity contribution in [1.82, 2.24) is 20.2 Å². The van der Waals surface area contributed by atoms with Crippen molar-refractivity contribution < 1.29 is 9.59 Å². The fraction of sp³-hybridized carbons (Fsp3) is 0.318. The van der Waals surface area contributed by atoms with Crippen LogP contribution in [0, 0.1) is 0 Å². The molecule has 3 N–H and O–H groups in total. The molecule has 0 radical (unpaired) electrons. The maximum Gasteiger partial charge on any atom is 0.227 e. The van der Waals surface area contributed by atoms with Gasteiger partial charge in [0.2, 0.25) is 5.91 Å². The van der Waals surface area contributed by atoms with Crippen LogP contribution in [-0.4, -0.2) is 32.4 Å². The normalized spacial score (nSPS) is 22.8. The zero-order chi connectivity index (χ0) is 20.9. The number of tetrazole rings is 1. The van der Waals surface area contributed by atoms with E-state index in [-0.39, 0.29) is 6.04 Å². The van der Waals surface area contributed by atoms with Crippen molar-refractivity contribution in [2.75, 3.05) is 5.32 Å². The van der Waals surface area contributed by atoms with Gasteiger partial charge in [0, 0.05) is 16.8 Å². The molecule has 8 heteroatoms. The van der Waals surface area contributed by atoms with E-state index in [9.17, 15) is 9.59 Å². The molecule has 1 amide bonds. The number of benzene rings is 2. The SMILES string of the molecule is CC1(C(N)=O)CC(c2cccc(-c3nnnn3C3CC3)c2)Nc2ccc(C=O)cc21. The third kappa shape index (κ3) is 2.96. The lowest BCUT2D eigenvalue weighted by Gasteiger charge is -2.39. The van der Waals surface area contributed by atoms with Gasteiger partial charge in [0.25, 0.3) is 0 Å². The molecule has 2 aliphatic rings. The van der Waals surface area contributed by atoms with Gasteiger partial charge in [-0.2, -0.15) is 0 Å². The van der Waals surface area contributed by atoms with E-state index >= 15 is 0 Å². The van der Waals surface area contributed by atoms with Crippen LogP contribution in [0.4, 0.5) is 5.69 Å². The highest BCUT2D eigenvalue weighted by molar-refractivity contribution is 5.90. The van der Waals surface area contributed by atoms with Crippen LogP contribution in [0.15, 0.2) is 42.5 Å². The number of anilines is 1. The van der Waals surface area contributed by atoms with E-state index in [1.165, 1.54) is 0 Å². The van der Waals surface area contributed by atoms with Gasteiger partial charge in [-0.25, -0.2) is 4.68 Å². The van der Waals surface area contributed by atoms with Crippen LogP contribution in [0.1, 0.15) is 59.8 Å². The topological polar surface area (TPSA) is 116 Å². The minimum atomic E-state index is -0.893. The Kier molecular flexibility index (Phi) is 4.16. The van der Waals surface area contributed by atoms with Crippen LogP contribution in [0.3, 0.4) is 0 Å². The van der Waals surface area contributed by atoms with Gasteiger partial charge in [0.15, 0.2) is 5.82 Å². The van der Waals surface area contributed by atoms with Crippen LogP contribution >= 0.6 is 0 Å². The standard InChI is InChI=1S/C22H22N6O2/c1-22(21(23)30)11-19(24-18-8-5-13(12-29)9-17(18)22)14-3-2-4-15(10-14)20-25-26-27-28(20)16-6-7-16/h2-5,8-10,12,16,19,24H,6-7,11H2,1H3,(H2,23,30). The highest BCUT2D eigenvalue weighted by Gasteiger charge is 2.42. The van der Waals surface area contributed by atoms with E-state index in [1.54, 1.807) is 12.1 Å². The maximum atomic E-state index is 12.5. The molecule has 8 nitrogen and oxygen atoms in total. The van der Waals surface area contributed by atoms with Crippen LogP contribution in [0.5, 0.6) is 0 Å². The largest absolute Gasteiger partial charge is 0.378 e. The monoisotopic (exact) mass is 402 g/mol. The molecular weight excluding hydrogens is 380 g/mol. The van der Waals surface area contributed by atoms with Crippen molar-refractivity contribution in [2.24, 2.45) is 5.73 Å². The summed E-state index contributed by atoms with van der Waals surface area (Å²) < 4.78 is 1.89. The van der Waals surface area contributed by atoms with Crippen LogP contribution < -0.4 is 11.1 Å². The van der Waals surface area contributed by atoms with Crippen molar-refractivity contribution in [1.29, 1.82) is 0 Å². The Morgan fingerprint density at radius 2 is 2.10 bits per heavy atom. The molecule has 1 aliphatic heterocycles. The number of aromatic nitrogens is 4. The quantitative estimate of drug-likeness (QED) is 0.634. The highest BCUT2D eigenvalue weighted by Crippen LogP contribution is 2.45. The summed E-state index contributed by atoms with van der Waals surface area (Å²) in [6, 6.07) is 13.6. The van der Waals surface area contributed by atoms with Gasteiger partial charge < -0.3 is 11.1 Å². The summed E-state index contributed by atoms with van der Waals surface area (Å²) >= 11 is 0. The van der Waals surface area contributed by atoms with E-state index in [0.717, 1.165) is 47.3 Å². The number of hydrogen-bond donors (Lipinski definition) is 2. The number of hydrogen-bond acceptors (Lipinski definition) is 6. The summed E-state index contributed by atoms with van der Waals surface area (Å²) in [6.45, 7) is 1.84. The molecule has 152 valence electrons. The smallest absolute Gasteiger partial charge is 0.227 e. The molecule has 1 saturated carbocycles. The first-order chi connectivity index (χ1) is 14.5. The Labute approximate surface area is 173 Å². The van der Waals surface area contributed by atoms with Crippen molar-refractivity contribution in [3.8, 4) is 11.4 Å². The number of nitrogens with zero attached hydrogens (tertiary/aromatic N) is 4. The molecular formula is C22H22N6O2. The van der Waals surface area contributed by atoms with Gasteiger partial charge in [-0.1, -0.05) is 18.2 Å². The summed E-state index contributed by atoms with van der Waals surface area (Å²) in [5.74, 6) is 0.343. The van der Waals surface area contributed by atoms with E-state index in [2.05, 4.69) is 26.9 Å². The second-order valence-corrected chi connectivity index (χ2v) is 8.32. The van der Waals surface area contributed by atoms with E-state index in [4.69, 9.17) is 5.73 Å². The second kappa shape index (κ2) is 6.76. The maximum absolute atomic E-state index is 12.5. The van der Waals surface area contributed by atoms with Crippen molar-refractivity contribution in [3.05, 3.63) is 59.2 Å². The molecule has 2 unspecified atom stereocenters. The molecule has 2 heterocycles. The minimum Gasteiger partial charge on any atom is -0.378 e. The highest BCUT2D eigenvalue weighted by atomic mass is 16.1. The molecule has 5 rings (SSSR count). The summed E-state index contributed by atoms with van der Waals surface area (Å²) in [4.78, 5) is 23.7. The fourth-order valence-corrected chi connectivity index (χ4v) is 4.25. The van der Waals surface area contributed by atoms with E-state index in [0.29, 0.717) is 18.0 Å². The number of carbonyl (C=O) groups is 2. The molecule has 1 aliphatic carbocycles. The fourth-order valence-electron chi connectivity index (χ4n) is 4.25. The number of nitrogens with one attached hydrogen (secondary N) is 1. The number of carbonyl (C=O) groups excluding carboxylic acids is 2. The lowest BCUT2D eigenvalue weighted by molar-refractivity contribution is -0.123. The zero-order valence-corrected chi connectivity index (χ0v) is 16.6. The number of nitrogens with two attached hydrogens (primary N) is 1. The van der Waals surface area contributed by atoms with Gasteiger partial charge in [-0.05, 0) is 72.0 Å². The number of primary amides is 1. The Balaban J connectivity index is 1.54. The number of fused-ring (bicyclic) bond motifs is 1. The molecule has 3 aromatic rings. The average molecular weight is 402 g/mol. The molecule has 2 atom stereocenters. The summed E-state index contributed by atoms with van der Waals surface area (Å²) in [5, 5.41) is 15.7. The second-order valence-electron chi connectivity index (χ2n) is 8.32. The van der Waals surface area contributed by atoms with Gasteiger partial charge in [-0.3, -0.25) is 9.59 Å². The van der Waals surface area contributed by atoms with E-state index in [1.807, 2.05) is 35.9 Å². The number of amides is 1. The first-order valence-corrected chi connectivity index (χ1v) is 10.0. The van der Waals surface area contributed by atoms with Crippen molar-refractivity contribution in [3.63, 3.8) is 0 Å². The van der Waals surface area contributed by atoms with E-state index < -0.39 is 11.3 Å². The Bertz CT molecular complexity index is 1150. The Morgan fingerprint density at radius 1 is 1.27 bits per heavy atom. The average Bonchev–Trinajstić information content (AvgIpc) is 3.49. The Morgan fingerprint density at radius 3 is 2.83 bits per heavy atom. The van der Waals surface area contributed by atoms with Crippen molar-refractivity contribution in [2.45, 2.75) is 43.7 Å². The van der Waals surface area contributed by atoms with Gasteiger partial charge in [0.1, 0.15) is 6.29 Å². The minimum absolute atomic E-state index is 0.123. The van der Waals surface area contributed by atoms with Gasteiger partial charge in [-0.15, -0.1) is 5.10 Å². The lowest BCUT2D eigenvalue weighted by Crippen LogP contribution is -2.44. The molecule has 30 heavy (non-hydrogen) atoms. The van der Waals surface area contributed by atoms with Gasteiger partial charge in [0.05, 0.1) is 17.5 Å². The molecule has 1 fully saturated rings. The third-order valence-corrected chi connectivity index (χ3v) is 6.19. The molecule has 2 aromatic carbocycles. The van der Waals surface area contributed by atoms with Crippen LogP contribution in [-0.2, 0) is 10.2 Å². The molecule has 0 spiro atoms. The van der Waals surface area contributed by atoms with Crippen LogP contribution in [0.2, 0.25) is 0 Å². The predicted molar refractivity (Wildman–Crippen MR) is 111 cm³/mol. The molecule has 1 aromatic heterocycles.